The number of aryl methyl sites for hydroxylation is 1. The molecule has 0 aromatic heterocycles. The second-order valence-electron chi connectivity index (χ2n) is 9.42. The van der Waals surface area contributed by atoms with E-state index in [1.165, 1.54) is 18.4 Å². The van der Waals surface area contributed by atoms with Crippen LogP contribution in [0.3, 0.4) is 0 Å². The molecule has 1 aromatic carbocycles. The molecule has 1 unspecified atom stereocenters. The van der Waals surface area contributed by atoms with E-state index in [4.69, 9.17) is 4.99 Å². The number of carbonyl (C=O) groups is 1. The minimum atomic E-state index is -0.876. The van der Waals surface area contributed by atoms with E-state index in [2.05, 4.69) is 33.0 Å². The van der Waals surface area contributed by atoms with Crippen LogP contribution in [-0.4, -0.2) is 90.6 Å². The van der Waals surface area contributed by atoms with E-state index in [-0.39, 0.29) is 5.91 Å². The first-order chi connectivity index (χ1) is 15.6. The minimum Gasteiger partial charge on any atom is -0.383 e. The molecule has 0 radical (unpaired) electrons. The quantitative estimate of drug-likeness (QED) is 0.539. The fraction of sp³-hybridized carbons (Fsp3) is 0.680. The van der Waals surface area contributed by atoms with Crippen molar-refractivity contribution in [1.29, 1.82) is 0 Å². The van der Waals surface area contributed by atoms with Crippen molar-refractivity contribution in [1.82, 2.24) is 20.0 Å². The largest absolute Gasteiger partial charge is 0.383 e. The molecule has 7 heteroatoms. The summed E-state index contributed by atoms with van der Waals surface area (Å²) in [6.45, 7) is 9.01. The summed E-state index contributed by atoms with van der Waals surface area (Å²) in [7, 11) is 0. The maximum absolute atomic E-state index is 12.7. The van der Waals surface area contributed by atoms with E-state index in [9.17, 15) is 9.90 Å². The van der Waals surface area contributed by atoms with Gasteiger partial charge in [-0.3, -0.25) is 9.69 Å². The van der Waals surface area contributed by atoms with Crippen molar-refractivity contribution in [2.45, 2.75) is 51.0 Å². The molecule has 2 fully saturated rings. The third kappa shape index (κ3) is 5.44. The molecular weight excluding hydrogens is 402 g/mol. The molecule has 3 aliphatic rings. The van der Waals surface area contributed by atoms with E-state index in [0.717, 1.165) is 83.0 Å². The average Bonchev–Trinajstić information content (AvgIpc) is 2.97. The van der Waals surface area contributed by atoms with E-state index in [1.54, 1.807) is 0 Å². The molecule has 1 aromatic rings. The van der Waals surface area contributed by atoms with Crippen molar-refractivity contribution < 1.29 is 9.90 Å². The molecule has 2 aliphatic heterocycles. The Bertz CT molecular complexity index is 797. The van der Waals surface area contributed by atoms with E-state index in [0.29, 0.717) is 13.1 Å². The van der Waals surface area contributed by atoms with Crippen LogP contribution in [0.4, 0.5) is 0 Å². The van der Waals surface area contributed by atoms with E-state index in [1.807, 2.05) is 18.2 Å². The Labute approximate surface area is 192 Å². The fourth-order valence-electron chi connectivity index (χ4n) is 5.19. The molecule has 0 saturated carbocycles. The Balaban J connectivity index is 1.32. The summed E-state index contributed by atoms with van der Waals surface area (Å²) in [5.41, 5.74) is 1.38. The van der Waals surface area contributed by atoms with Gasteiger partial charge in [-0.1, -0.05) is 37.1 Å². The highest BCUT2D eigenvalue weighted by molar-refractivity contribution is 5.80. The number of guanidine groups is 1. The van der Waals surface area contributed by atoms with E-state index < -0.39 is 5.60 Å². The summed E-state index contributed by atoms with van der Waals surface area (Å²) < 4.78 is 0. The molecule has 176 valence electrons. The van der Waals surface area contributed by atoms with Gasteiger partial charge < -0.3 is 20.2 Å². The Morgan fingerprint density at radius 1 is 1.03 bits per heavy atom. The second kappa shape index (κ2) is 10.7. The summed E-state index contributed by atoms with van der Waals surface area (Å²) in [5, 5.41) is 14.6. The van der Waals surface area contributed by atoms with Gasteiger partial charge in [-0.25, -0.2) is 4.99 Å². The first kappa shape index (κ1) is 23.1. The topological polar surface area (TPSA) is 71.4 Å². The first-order valence-corrected chi connectivity index (χ1v) is 12.4. The molecule has 1 aliphatic carbocycles. The number of fused-ring (bicyclic) bond motifs is 1. The van der Waals surface area contributed by atoms with Gasteiger partial charge in [0.05, 0.1) is 13.1 Å². The molecule has 4 rings (SSSR count). The van der Waals surface area contributed by atoms with Crippen molar-refractivity contribution in [2.24, 2.45) is 4.99 Å². The minimum absolute atomic E-state index is 0.281. The third-order valence-corrected chi connectivity index (χ3v) is 7.14. The van der Waals surface area contributed by atoms with Crippen LogP contribution in [0.2, 0.25) is 0 Å². The SMILES string of the molecule is CCNC(=NCC1(O)CCc2ccccc21)N1CCN(CC(=O)N2CCCCCC2)CC1. The Morgan fingerprint density at radius 3 is 2.47 bits per heavy atom. The lowest BCUT2D eigenvalue weighted by Crippen LogP contribution is -2.54. The number of nitrogens with one attached hydrogen (secondary N) is 1. The van der Waals surface area contributed by atoms with Crippen LogP contribution in [0, 0.1) is 0 Å². The molecule has 1 amide bonds. The summed E-state index contributed by atoms with van der Waals surface area (Å²) in [6.07, 6.45) is 6.40. The number of rotatable bonds is 5. The first-order valence-electron chi connectivity index (χ1n) is 12.4. The number of benzene rings is 1. The molecular formula is C25H39N5O2. The lowest BCUT2D eigenvalue weighted by molar-refractivity contribution is -0.132. The number of hydrogen-bond acceptors (Lipinski definition) is 4. The van der Waals surface area contributed by atoms with Crippen LogP contribution in [-0.2, 0) is 16.8 Å². The van der Waals surface area contributed by atoms with Gasteiger partial charge in [0.2, 0.25) is 5.91 Å². The lowest BCUT2D eigenvalue weighted by atomic mass is 9.96. The van der Waals surface area contributed by atoms with Gasteiger partial charge in [0.15, 0.2) is 5.96 Å². The Hall–Kier alpha value is -2.12. The zero-order valence-corrected chi connectivity index (χ0v) is 19.6. The monoisotopic (exact) mass is 441 g/mol. The normalized spacial score (nSPS) is 24.9. The van der Waals surface area contributed by atoms with Gasteiger partial charge in [-0.05, 0) is 43.7 Å². The average molecular weight is 442 g/mol. The van der Waals surface area contributed by atoms with Crippen molar-refractivity contribution in [3.63, 3.8) is 0 Å². The summed E-state index contributed by atoms with van der Waals surface area (Å²) in [5.74, 6) is 1.15. The maximum atomic E-state index is 12.7. The summed E-state index contributed by atoms with van der Waals surface area (Å²) in [4.78, 5) is 24.2. The van der Waals surface area contributed by atoms with Crippen LogP contribution in [0.15, 0.2) is 29.3 Å². The number of likely N-dealkylation sites (tertiary alicyclic amines) is 1. The van der Waals surface area contributed by atoms with Gasteiger partial charge in [-0.15, -0.1) is 0 Å². The fourth-order valence-corrected chi connectivity index (χ4v) is 5.19. The van der Waals surface area contributed by atoms with Crippen LogP contribution in [0.25, 0.3) is 0 Å². The van der Waals surface area contributed by atoms with E-state index >= 15 is 0 Å². The smallest absolute Gasteiger partial charge is 0.236 e. The summed E-state index contributed by atoms with van der Waals surface area (Å²) in [6, 6.07) is 8.17. The second-order valence-corrected chi connectivity index (χ2v) is 9.42. The molecule has 2 N–H and O–H groups in total. The standard InChI is InChI=1S/C25H39N5O2/c1-2-26-24(27-20-25(32)12-11-21-9-5-6-10-22(21)25)30-17-15-28(16-18-30)19-23(31)29-13-7-3-4-8-14-29/h5-6,9-10,32H,2-4,7-8,11-20H2,1H3,(H,26,27). The van der Waals surface area contributed by atoms with Crippen LogP contribution in [0.5, 0.6) is 0 Å². The highest BCUT2D eigenvalue weighted by Gasteiger charge is 2.36. The lowest BCUT2D eigenvalue weighted by Gasteiger charge is -2.37. The molecule has 2 heterocycles. The number of aliphatic imine (C=N–C) groups is 1. The van der Waals surface area contributed by atoms with Gasteiger partial charge in [-0.2, -0.15) is 0 Å². The van der Waals surface area contributed by atoms with Gasteiger partial charge >= 0.3 is 0 Å². The zero-order chi connectivity index (χ0) is 22.4. The highest BCUT2D eigenvalue weighted by atomic mass is 16.3. The number of amides is 1. The van der Waals surface area contributed by atoms with Gasteiger partial charge in [0.25, 0.3) is 0 Å². The third-order valence-electron chi connectivity index (χ3n) is 7.14. The highest BCUT2D eigenvalue weighted by Crippen LogP contribution is 2.36. The maximum Gasteiger partial charge on any atom is 0.236 e. The van der Waals surface area contributed by atoms with Crippen molar-refractivity contribution >= 4 is 11.9 Å². The predicted octanol–water partition coefficient (Wildman–Crippen LogP) is 1.81. The molecule has 0 spiro atoms. The molecule has 2 saturated heterocycles. The summed E-state index contributed by atoms with van der Waals surface area (Å²) >= 11 is 0. The molecule has 32 heavy (non-hydrogen) atoms. The predicted molar refractivity (Wildman–Crippen MR) is 128 cm³/mol. The number of piperazine rings is 1. The number of carbonyl (C=O) groups excluding carboxylic acids is 1. The van der Waals surface area contributed by atoms with Crippen molar-refractivity contribution in [3.05, 3.63) is 35.4 Å². The van der Waals surface area contributed by atoms with Crippen molar-refractivity contribution in [3.8, 4) is 0 Å². The van der Waals surface area contributed by atoms with Gasteiger partial charge in [0, 0.05) is 45.8 Å². The number of hydrogen-bond donors (Lipinski definition) is 2. The van der Waals surface area contributed by atoms with Crippen LogP contribution in [0.1, 0.15) is 50.2 Å². The number of aliphatic hydroxyl groups is 1. The van der Waals surface area contributed by atoms with Crippen LogP contribution < -0.4 is 5.32 Å². The van der Waals surface area contributed by atoms with Gasteiger partial charge in [0.1, 0.15) is 5.60 Å². The van der Waals surface area contributed by atoms with Crippen molar-refractivity contribution in [2.75, 3.05) is 58.9 Å². The number of nitrogens with zero attached hydrogens (tertiary/aromatic N) is 4. The Morgan fingerprint density at radius 2 is 1.75 bits per heavy atom. The molecule has 0 bridgehead atoms. The molecule has 1 atom stereocenters. The zero-order valence-electron chi connectivity index (χ0n) is 19.6. The Kier molecular flexibility index (Phi) is 7.68. The molecule has 7 nitrogen and oxygen atoms in total. The van der Waals surface area contributed by atoms with Crippen LogP contribution >= 0.6 is 0 Å².